The number of rotatable bonds is 5. The minimum Gasteiger partial charge on any atom is -0.393 e. The Hall–Kier alpha value is -0.0400. The van der Waals surface area contributed by atoms with Crippen molar-refractivity contribution in [3.8, 4) is 0 Å². The van der Waals surface area contributed by atoms with E-state index in [1.54, 1.807) is 0 Å². The van der Waals surface area contributed by atoms with Crippen LogP contribution in [-0.4, -0.2) is 11.2 Å². The summed E-state index contributed by atoms with van der Waals surface area (Å²) in [6.07, 6.45) is 18.2. The SMILES string of the molecule is CC(C)CCCC[C@H]1CCC2C3CC[C@@H]4CC(O)CCC4(C)C3CCC21C. The zero-order valence-electron chi connectivity index (χ0n) is 18.7. The van der Waals surface area contributed by atoms with Crippen molar-refractivity contribution >= 4 is 0 Å². The van der Waals surface area contributed by atoms with Gasteiger partial charge in [-0.15, -0.1) is 0 Å². The van der Waals surface area contributed by atoms with Crippen LogP contribution in [0.5, 0.6) is 0 Å². The Morgan fingerprint density at radius 2 is 1.59 bits per heavy atom. The first-order chi connectivity index (χ1) is 12.8. The van der Waals surface area contributed by atoms with Gasteiger partial charge in [0, 0.05) is 0 Å². The molecule has 4 fully saturated rings. The second kappa shape index (κ2) is 7.66. The van der Waals surface area contributed by atoms with E-state index in [1.807, 2.05) is 0 Å². The Balaban J connectivity index is 1.43. The number of fused-ring (bicyclic) bond motifs is 5. The Labute approximate surface area is 169 Å². The monoisotopic (exact) mass is 374 g/mol. The third kappa shape index (κ3) is 3.53. The molecule has 0 aromatic carbocycles. The highest BCUT2D eigenvalue weighted by Crippen LogP contribution is 2.67. The average Bonchev–Trinajstić information content (AvgIpc) is 2.96. The molecule has 1 N–H and O–H groups in total. The summed E-state index contributed by atoms with van der Waals surface area (Å²) in [6.45, 7) is 10.1. The number of hydrogen-bond acceptors (Lipinski definition) is 1. The lowest BCUT2D eigenvalue weighted by molar-refractivity contribution is -0.127. The van der Waals surface area contributed by atoms with Crippen molar-refractivity contribution in [2.24, 2.45) is 46.3 Å². The van der Waals surface area contributed by atoms with E-state index < -0.39 is 0 Å². The molecular weight excluding hydrogens is 328 g/mol. The van der Waals surface area contributed by atoms with Crippen molar-refractivity contribution in [2.45, 2.75) is 117 Å². The molecule has 4 saturated carbocycles. The van der Waals surface area contributed by atoms with Crippen LogP contribution in [0.4, 0.5) is 0 Å². The molecule has 4 aliphatic rings. The normalized spacial score (nSPS) is 49.6. The summed E-state index contributed by atoms with van der Waals surface area (Å²) in [4.78, 5) is 0. The predicted molar refractivity (Wildman–Crippen MR) is 115 cm³/mol. The zero-order valence-corrected chi connectivity index (χ0v) is 18.7. The Morgan fingerprint density at radius 3 is 2.37 bits per heavy atom. The van der Waals surface area contributed by atoms with Crippen LogP contribution in [0.25, 0.3) is 0 Å². The maximum absolute atomic E-state index is 10.2. The molecule has 27 heavy (non-hydrogen) atoms. The first kappa shape index (κ1) is 20.2. The van der Waals surface area contributed by atoms with E-state index in [0.717, 1.165) is 48.3 Å². The molecule has 0 heterocycles. The van der Waals surface area contributed by atoms with Crippen LogP contribution in [0.3, 0.4) is 0 Å². The van der Waals surface area contributed by atoms with E-state index >= 15 is 0 Å². The molecule has 4 aliphatic carbocycles. The second-order valence-electron chi connectivity index (χ2n) is 12.1. The van der Waals surface area contributed by atoms with Crippen LogP contribution in [0.2, 0.25) is 0 Å². The maximum atomic E-state index is 10.2. The lowest BCUT2D eigenvalue weighted by Crippen LogP contribution is -2.53. The van der Waals surface area contributed by atoms with Gasteiger partial charge in [-0.2, -0.15) is 0 Å². The first-order valence-electron chi connectivity index (χ1n) is 12.5. The zero-order chi connectivity index (χ0) is 19.2. The Morgan fingerprint density at radius 1 is 0.852 bits per heavy atom. The molecule has 0 aliphatic heterocycles. The Kier molecular flexibility index (Phi) is 5.74. The van der Waals surface area contributed by atoms with Crippen molar-refractivity contribution in [2.75, 3.05) is 0 Å². The average molecular weight is 375 g/mol. The fourth-order valence-electron chi connectivity index (χ4n) is 8.76. The van der Waals surface area contributed by atoms with Gasteiger partial charge in [0.05, 0.1) is 6.10 Å². The minimum atomic E-state index is -0.00446. The molecule has 0 radical (unpaired) electrons. The highest BCUT2D eigenvalue weighted by atomic mass is 16.3. The molecule has 8 atom stereocenters. The van der Waals surface area contributed by atoms with E-state index in [9.17, 15) is 5.11 Å². The molecule has 0 bridgehead atoms. The molecule has 1 nitrogen and oxygen atoms in total. The summed E-state index contributed by atoms with van der Waals surface area (Å²) in [7, 11) is 0. The van der Waals surface area contributed by atoms with Gasteiger partial charge in [0.1, 0.15) is 0 Å². The third-order valence-corrected chi connectivity index (χ3v) is 10.4. The van der Waals surface area contributed by atoms with E-state index in [-0.39, 0.29) is 6.10 Å². The van der Waals surface area contributed by atoms with E-state index in [0.29, 0.717) is 10.8 Å². The molecule has 6 unspecified atom stereocenters. The molecule has 0 amide bonds. The number of aliphatic hydroxyl groups is 1. The standard InChI is InChI=1S/C26H46O/c1-18(2)7-5-6-8-19-10-12-23-22-11-9-20-17-21(27)13-15-26(20,4)24(22)14-16-25(19,23)3/h18-24,27H,5-17H2,1-4H3/t19-,20+,21?,22?,23?,24?,25?,26?/m0/s1. The molecule has 1 heteroatoms. The lowest BCUT2D eigenvalue weighted by Gasteiger charge is -2.61. The molecule has 0 saturated heterocycles. The van der Waals surface area contributed by atoms with Crippen LogP contribution < -0.4 is 0 Å². The summed E-state index contributed by atoms with van der Waals surface area (Å²) in [5, 5.41) is 10.2. The number of aliphatic hydroxyl groups excluding tert-OH is 1. The van der Waals surface area contributed by atoms with E-state index in [4.69, 9.17) is 0 Å². The van der Waals surface area contributed by atoms with Gasteiger partial charge in [-0.05, 0) is 111 Å². The maximum Gasteiger partial charge on any atom is 0.0543 e. The summed E-state index contributed by atoms with van der Waals surface area (Å²) in [5.74, 6) is 5.66. The highest BCUT2D eigenvalue weighted by Gasteiger charge is 2.59. The van der Waals surface area contributed by atoms with Gasteiger partial charge in [-0.25, -0.2) is 0 Å². The lowest BCUT2D eigenvalue weighted by atomic mass is 9.44. The summed E-state index contributed by atoms with van der Waals surface area (Å²) in [5.41, 5.74) is 1.19. The van der Waals surface area contributed by atoms with E-state index in [2.05, 4.69) is 27.7 Å². The number of hydrogen-bond donors (Lipinski definition) is 1. The minimum absolute atomic E-state index is 0.00446. The van der Waals surface area contributed by atoms with Gasteiger partial charge < -0.3 is 5.11 Å². The van der Waals surface area contributed by atoms with Gasteiger partial charge in [0.25, 0.3) is 0 Å². The molecule has 4 rings (SSSR count). The van der Waals surface area contributed by atoms with E-state index in [1.165, 1.54) is 70.6 Å². The van der Waals surface area contributed by atoms with Crippen molar-refractivity contribution in [1.82, 2.24) is 0 Å². The number of unbranched alkanes of at least 4 members (excludes halogenated alkanes) is 1. The largest absolute Gasteiger partial charge is 0.393 e. The fourth-order valence-corrected chi connectivity index (χ4v) is 8.76. The van der Waals surface area contributed by atoms with Gasteiger partial charge in [-0.1, -0.05) is 47.0 Å². The van der Waals surface area contributed by atoms with Gasteiger partial charge >= 0.3 is 0 Å². The van der Waals surface area contributed by atoms with Crippen molar-refractivity contribution in [3.05, 3.63) is 0 Å². The summed E-state index contributed by atoms with van der Waals surface area (Å²) >= 11 is 0. The first-order valence-corrected chi connectivity index (χ1v) is 12.5. The topological polar surface area (TPSA) is 20.2 Å². The molecule has 0 aromatic heterocycles. The predicted octanol–water partition coefficient (Wildman–Crippen LogP) is 7.22. The smallest absolute Gasteiger partial charge is 0.0543 e. The van der Waals surface area contributed by atoms with Crippen LogP contribution in [0.15, 0.2) is 0 Å². The van der Waals surface area contributed by atoms with Crippen molar-refractivity contribution < 1.29 is 5.11 Å². The quantitative estimate of drug-likeness (QED) is 0.503. The molecule has 0 spiro atoms. The van der Waals surface area contributed by atoms with Gasteiger partial charge in [-0.3, -0.25) is 0 Å². The Bertz CT molecular complexity index is 512. The van der Waals surface area contributed by atoms with Crippen LogP contribution in [-0.2, 0) is 0 Å². The molecular formula is C26H46O. The van der Waals surface area contributed by atoms with Gasteiger partial charge in [0.15, 0.2) is 0 Å². The third-order valence-electron chi connectivity index (χ3n) is 10.4. The van der Waals surface area contributed by atoms with Crippen LogP contribution in [0.1, 0.15) is 111 Å². The van der Waals surface area contributed by atoms with Crippen molar-refractivity contribution in [1.29, 1.82) is 0 Å². The van der Waals surface area contributed by atoms with Crippen LogP contribution in [0, 0.1) is 46.3 Å². The molecule has 156 valence electrons. The highest BCUT2D eigenvalue weighted by molar-refractivity contribution is 5.09. The second-order valence-corrected chi connectivity index (χ2v) is 12.1. The van der Waals surface area contributed by atoms with Gasteiger partial charge in [0.2, 0.25) is 0 Å². The molecule has 0 aromatic rings. The van der Waals surface area contributed by atoms with Crippen molar-refractivity contribution in [3.63, 3.8) is 0 Å². The fraction of sp³-hybridized carbons (Fsp3) is 1.00. The summed E-state index contributed by atoms with van der Waals surface area (Å²) in [6, 6.07) is 0. The van der Waals surface area contributed by atoms with Crippen LogP contribution >= 0.6 is 0 Å². The summed E-state index contributed by atoms with van der Waals surface area (Å²) < 4.78 is 0.